The van der Waals surface area contributed by atoms with E-state index in [9.17, 15) is 14.4 Å². The molecule has 1 heterocycles. The van der Waals surface area contributed by atoms with Crippen LogP contribution >= 0.6 is 11.6 Å². The number of nitrogens with one attached hydrogen (secondary N) is 1. The number of hydrogen-bond donors (Lipinski definition) is 1. The van der Waals surface area contributed by atoms with E-state index in [2.05, 4.69) is 5.32 Å². The molecule has 7 nitrogen and oxygen atoms in total. The minimum absolute atomic E-state index is 0.157. The van der Waals surface area contributed by atoms with Crippen LogP contribution in [0, 0.1) is 6.92 Å². The van der Waals surface area contributed by atoms with E-state index in [4.69, 9.17) is 21.1 Å². The average molecular weight is 415 g/mol. The predicted molar refractivity (Wildman–Crippen MR) is 109 cm³/mol. The summed E-state index contributed by atoms with van der Waals surface area (Å²) in [5.41, 5.74) is 2.44. The molecule has 0 bridgehead atoms. The molecule has 0 saturated heterocycles. The normalized spacial score (nSPS) is 10.6. The fourth-order valence-electron chi connectivity index (χ4n) is 2.89. The van der Waals surface area contributed by atoms with Gasteiger partial charge in [0, 0.05) is 17.1 Å². The fraction of sp³-hybridized carbons (Fsp3) is 0.190. The third-order valence-corrected chi connectivity index (χ3v) is 4.57. The molecular weight excluding hydrogens is 396 g/mol. The molecule has 1 aromatic heterocycles. The first kappa shape index (κ1) is 20.4. The number of amides is 1. The summed E-state index contributed by atoms with van der Waals surface area (Å²) in [6.07, 6.45) is 1.53. The Morgan fingerprint density at radius 1 is 1.14 bits per heavy atom. The lowest BCUT2D eigenvalue weighted by molar-refractivity contribution is -0.147. The SMILES string of the molecule is COC(=O)c1cn(CC(=O)OCC(=O)Nc2ccc(C)cc2Cl)c2ccccc12. The molecule has 0 fully saturated rings. The number of para-hydroxylation sites is 1. The van der Waals surface area contributed by atoms with Gasteiger partial charge in [0.05, 0.1) is 23.4 Å². The molecule has 3 aromatic rings. The van der Waals surface area contributed by atoms with Crippen molar-refractivity contribution in [1.29, 1.82) is 0 Å². The molecule has 0 atom stereocenters. The standard InChI is InChI=1S/C21H19ClN2O5/c1-13-7-8-17(16(22)9-13)23-19(25)12-29-20(26)11-24-10-15(21(27)28-2)14-5-3-4-6-18(14)24/h3-10H,11-12H2,1-2H3,(H,23,25). The average Bonchev–Trinajstić information content (AvgIpc) is 3.06. The molecule has 1 N–H and O–H groups in total. The van der Waals surface area contributed by atoms with E-state index in [0.29, 0.717) is 27.2 Å². The zero-order valence-electron chi connectivity index (χ0n) is 15.9. The molecule has 0 saturated carbocycles. The number of carbonyl (C=O) groups is 3. The Balaban J connectivity index is 1.64. The van der Waals surface area contributed by atoms with E-state index >= 15 is 0 Å². The maximum absolute atomic E-state index is 12.2. The minimum atomic E-state index is -0.618. The Labute approximate surface area is 172 Å². The first-order valence-corrected chi connectivity index (χ1v) is 9.14. The number of carbonyl (C=O) groups excluding carboxylic acids is 3. The second kappa shape index (κ2) is 8.79. The van der Waals surface area contributed by atoms with Crippen LogP contribution in [0.1, 0.15) is 15.9 Å². The van der Waals surface area contributed by atoms with Gasteiger partial charge in [-0.05, 0) is 30.7 Å². The van der Waals surface area contributed by atoms with Gasteiger partial charge in [0.25, 0.3) is 5.91 Å². The number of methoxy groups -OCH3 is 1. The highest BCUT2D eigenvalue weighted by molar-refractivity contribution is 6.33. The summed E-state index contributed by atoms with van der Waals surface area (Å²) in [6, 6.07) is 12.3. The highest BCUT2D eigenvalue weighted by Crippen LogP contribution is 2.23. The van der Waals surface area contributed by atoms with E-state index in [1.807, 2.05) is 13.0 Å². The molecule has 0 unspecified atom stereocenters. The molecule has 0 aliphatic carbocycles. The van der Waals surface area contributed by atoms with Crippen LogP contribution < -0.4 is 5.32 Å². The van der Waals surface area contributed by atoms with Crippen LogP contribution in [0.3, 0.4) is 0 Å². The first-order chi connectivity index (χ1) is 13.9. The summed E-state index contributed by atoms with van der Waals surface area (Å²) in [4.78, 5) is 36.2. The van der Waals surface area contributed by atoms with Crippen molar-refractivity contribution in [3.63, 3.8) is 0 Å². The van der Waals surface area contributed by atoms with Crippen molar-refractivity contribution in [1.82, 2.24) is 4.57 Å². The lowest BCUT2D eigenvalue weighted by Gasteiger charge is -2.09. The second-order valence-corrected chi connectivity index (χ2v) is 6.78. The number of ether oxygens (including phenoxy) is 2. The van der Waals surface area contributed by atoms with E-state index in [-0.39, 0.29) is 6.54 Å². The van der Waals surface area contributed by atoms with Crippen LogP contribution in [-0.4, -0.2) is 36.1 Å². The van der Waals surface area contributed by atoms with Crippen molar-refractivity contribution in [2.24, 2.45) is 0 Å². The molecule has 3 rings (SSSR count). The minimum Gasteiger partial charge on any atom is -0.465 e. The number of esters is 2. The summed E-state index contributed by atoms with van der Waals surface area (Å²) in [5.74, 6) is -1.62. The summed E-state index contributed by atoms with van der Waals surface area (Å²) in [7, 11) is 1.29. The Morgan fingerprint density at radius 2 is 1.90 bits per heavy atom. The number of fused-ring (bicyclic) bond motifs is 1. The number of aryl methyl sites for hydroxylation is 1. The summed E-state index contributed by atoms with van der Waals surface area (Å²) >= 11 is 6.08. The van der Waals surface area contributed by atoms with Gasteiger partial charge in [-0.25, -0.2) is 4.79 Å². The van der Waals surface area contributed by atoms with Gasteiger partial charge in [0.1, 0.15) is 6.54 Å². The Morgan fingerprint density at radius 3 is 2.62 bits per heavy atom. The highest BCUT2D eigenvalue weighted by Gasteiger charge is 2.17. The molecule has 2 aromatic carbocycles. The molecule has 150 valence electrons. The number of hydrogen-bond acceptors (Lipinski definition) is 5. The molecule has 0 aliphatic rings. The van der Waals surface area contributed by atoms with E-state index in [0.717, 1.165) is 5.56 Å². The zero-order valence-corrected chi connectivity index (χ0v) is 16.7. The number of anilines is 1. The smallest absolute Gasteiger partial charge is 0.340 e. The number of halogens is 1. The van der Waals surface area contributed by atoms with Crippen molar-refractivity contribution < 1.29 is 23.9 Å². The Hall–Kier alpha value is -3.32. The molecule has 0 spiro atoms. The van der Waals surface area contributed by atoms with Crippen molar-refractivity contribution in [3.8, 4) is 0 Å². The number of aromatic nitrogens is 1. The third kappa shape index (κ3) is 4.75. The molecule has 0 radical (unpaired) electrons. The van der Waals surface area contributed by atoms with Crippen LogP contribution in [0.25, 0.3) is 10.9 Å². The molecule has 1 amide bonds. The van der Waals surface area contributed by atoms with Gasteiger partial charge in [0.2, 0.25) is 0 Å². The van der Waals surface area contributed by atoms with E-state index in [1.165, 1.54) is 13.3 Å². The van der Waals surface area contributed by atoms with Crippen LogP contribution in [0.5, 0.6) is 0 Å². The number of nitrogens with zero attached hydrogens (tertiary/aromatic N) is 1. The monoisotopic (exact) mass is 414 g/mol. The topological polar surface area (TPSA) is 86.6 Å². The second-order valence-electron chi connectivity index (χ2n) is 6.37. The van der Waals surface area contributed by atoms with Gasteiger partial charge in [-0.15, -0.1) is 0 Å². The first-order valence-electron chi connectivity index (χ1n) is 8.77. The maximum Gasteiger partial charge on any atom is 0.340 e. The van der Waals surface area contributed by atoms with Gasteiger partial charge in [-0.3, -0.25) is 9.59 Å². The van der Waals surface area contributed by atoms with E-state index in [1.54, 1.807) is 41.0 Å². The van der Waals surface area contributed by atoms with Crippen molar-refractivity contribution >= 4 is 46.0 Å². The zero-order chi connectivity index (χ0) is 21.0. The van der Waals surface area contributed by atoms with Crippen LogP contribution in [0.2, 0.25) is 5.02 Å². The summed E-state index contributed by atoms with van der Waals surface area (Å²) in [6.45, 7) is 1.28. The quantitative estimate of drug-likeness (QED) is 0.623. The summed E-state index contributed by atoms with van der Waals surface area (Å²) in [5, 5.41) is 3.66. The van der Waals surface area contributed by atoms with Crippen LogP contribution in [0.15, 0.2) is 48.7 Å². The third-order valence-electron chi connectivity index (χ3n) is 4.26. The van der Waals surface area contributed by atoms with E-state index < -0.39 is 24.5 Å². The van der Waals surface area contributed by atoms with Gasteiger partial charge >= 0.3 is 11.9 Å². The van der Waals surface area contributed by atoms with Crippen LogP contribution in [0.4, 0.5) is 5.69 Å². The fourth-order valence-corrected chi connectivity index (χ4v) is 3.17. The molecule has 29 heavy (non-hydrogen) atoms. The Bertz CT molecular complexity index is 1090. The predicted octanol–water partition coefficient (Wildman–Crippen LogP) is 3.57. The Kier molecular flexibility index (Phi) is 6.19. The van der Waals surface area contributed by atoms with Gasteiger partial charge < -0.3 is 19.4 Å². The molecule has 0 aliphatic heterocycles. The van der Waals surface area contributed by atoms with Gasteiger partial charge in [0.15, 0.2) is 6.61 Å². The van der Waals surface area contributed by atoms with Gasteiger partial charge in [-0.1, -0.05) is 35.9 Å². The summed E-state index contributed by atoms with van der Waals surface area (Å²) < 4.78 is 11.4. The lowest BCUT2D eigenvalue weighted by Crippen LogP contribution is -2.23. The maximum atomic E-state index is 12.2. The number of rotatable bonds is 6. The number of benzene rings is 2. The van der Waals surface area contributed by atoms with Crippen LogP contribution in [-0.2, 0) is 25.6 Å². The lowest BCUT2D eigenvalue weighted by atomic mass is 10.2. The van der Waals surface area contributed by atoms with Gasteiger partial charge in [-0.2, -0.15) is 0 Å². The van der Waals surface area contributed by atoms with Crippen molar-refractivity contribution in [2.45, 2.75) is 13.5 Å². The molecule has 8 heteroatoms. The highest BCUT2D eigenvalue weighted by atomic mass is 35.5. The van der Waals surface area contributed by atoms with Crippen molar-refractivity contribution in [2.75, 3.05) is 19.0 Å². The largest absolute Gasteiger partial charge is 0.465 e. The molecular formula is C21H19ClN2O5. The van der Waals surface area contributed by atoms with Crippen molar-refractivity contribution in [3.05, 3.63) is 64.8 Å².